The molecule has 26 heavy (non-hydrogen) atoms. The van der Waals surface area contributed by atoms with Crippen molar-refractivity contribution in [1.82, 2.24) is 9.97 Å². The molecule has 134 valence electrons. The molecule has 3 rings (SSSR count). The third-order valence-electron chi connectivity index (χ3n) is 3.50. The summed E-state index contributed by atoms with van der Waals surface area (Å²) in [5.41, 5.74) is 0.0449. The SMILES string of the molecule is FC(F)(F)c1cc(Cl)ccc1Nc1ccnc(NCc2ccccc2)n1. The van der Waals surface area contributed by atoms with Gasteiger partial charge >= 0.3 is 6.18 Å². The molecule has 0 saturated heterocycles. The maximum absolute atomic E-state index is 13.2. The van der Waals surface area contributed by atoms with Crippen LogP contribution in [0.15, 0.2) is 60.8 Å². The van der Waals surface area contributed by atoms with Crippen LogP contribution in [-0.2, 0) is 12.7 Å². The molecule has 0 amide bonds. The zero-order valence-corrected chi connectivity index (χ0v) is 14.1. The van der Waals surface area contributed by atoms with Gasteiger partial charge in [-0.15, -0.1) is 0 Å². The summed E-state index contributed by atoms with van der Waals surface area (Å²) in [7, 11) is 0. The molecule has 0 aliphatic heterocycles. The van der Waals surface area contributed by atoms with Crippen molar-refractivity contribution in [1.29, 1.82) is 0 Å². The van der Waals surface area contributed by atoms with Gasteiger partial charge in [0.15, 0.2) is 0 Å². The van der Waals surface area contributed by atoms with Gasteiger partial charge in [-0.25, -0.2) is 4.98 Å². The molecule has 3 aromatic rings. The van der Waals surface area contributed by atoms with Crippen LogP contribution in [0.2, 0.25) is 5.02 Å². The van der Waals surface area contributed by atoms with Gasteiger partial charge in [0.25, 0.3) is 0 Å². The summed E-state index contributed by atoms with van der Waals surface area (Å²) in [6.45, 7) is 0.499. The highest BCUT2D eigenvalue weighted by Crippen LogP contribution is 2.37. The molecule has 1 heterocycles. The van der Waals surface area contributed by atoms with E-state index in [2.05, 4.69) is 20.6 Å². The van der Waals surface area contributed by atoms with Crippen molar-refractivity contribution in [2.45, 2.75) is 12.7 Å². The summed E-state index contributed by atoms with van der Waals surface area (Å²) in [5.74, 6) is 0.546. The van der Waals surface area contributed by atoms with E-state index < -0.39 is 11.7 Å². The summed E-state index contributed by atoms with van der Waals surface area (Å²) >= 11 is 5.69. The van der Waals surface area contributed by atoms with E-state index in [1.807, 2.05) is 30.3 Å². The predicted molar refractivity (Wildman–Crippen MR) is 95.5 cm³/mol. The Kier molecular flexibility index (Phi) is 5.27. The molecule has 0 saturated carbocycles. The first-order valence-electron chi connectivity index (χ1n) is 7.66. The van der Waals surface area contributed by atoms with Crippen LogP contribution in [0.5, 0.6) is 0 Å². The molecule has 0 aliphatic rings. The van der Waals surface area contributed by atoms with Gasteiger partial charge in [-0.05, 0) is 29.8 Å². The van der Waals surface area contributed by atoms with Crippen LogP contribution in [0.3, 0.4) is 0 Å². The van der Waals surface area contributed by atoms with Gasteiger partial charge in [-0.2, -0.15) is 18.2 Å². The maximum Gasteiger partial charge on any atom is 0.418 e. The smallest absolute Gasteiger partial charge is 0.350 e. The number of nitrogens with zero attached hydrogens (tertiary/aromatic N) is 2. The number of benzene rings is 2. The van der Waals surface area contributed by atoms with E-state index in [0.29, 0.717) is 12.5 Å². The minimum Gasteiger partial charge on any atom is -0.350 e. The number of anilines is 3. The molecule has 0 radical (unpaired) electrons. The number of alkyl halides is 3. The second-order valence-corrected chi connectivity index (χ2v) is 5.85. The highest BCUT2D eigenvalue weighted by molar-refractivity contribution is 6.30. The Labute approximate surface area is 153 Å². The quantitative estimate of drug-likeness (QED) is 0.615. The molecular formula is C18H14ClF3N4. The largest absolute Gasteiger partial charge is 0.418 e. The third kappa shape index (κ3) is 4.64. The fraction of sp³-hybridized carbons (Fsp3) is 0.111. The third-order valence-corrected chi connectivity index (χ3v) is 3.73. The predicted octanol–water partition coefficient (Wildman–Crippen LogP) is 5.50. The summed E-state index contributed by atoms with van der Waals surface area (Å²) in [4.78, 5) is 8.27. The lowest BCUT2D eigenvalue weighted by Gasteiger charge is -2.15. The highest BCUT2D eigenvalue weighted by atomic mass is 35.5. The molecule has 2 N–H and O–H groups in total. The summed E-state index contributed by atoms with van der Waals surface area (Å²) in [6, 6.07) is 14.6. The molecular weight excluding hydrogens is 365 g/mol. The fourth-order valence-corrected chi connectivity index (χ4v) is 2.46. The van der Waals surface area contributed by atoms with Crippen molar-refractivity contribution in [3.8, 4) is 0 Å². The van der Waals surface area contributed by atoms with Crippen molar-refractivity contribution in [2.24, 2.45) is 0 Å². The number of hydrogen-bond donors (Lipinski definition) is 2. The first-order chi connectivity index (χ1) is 12.4. The van der Waals surface area contributed by atoms with Crippen LogP contribution < -0.4 is 10.6 Å². The van der Waals surface area contributed by atoms with E-state index in [4.69, 9.17) is 11.6 Å². The van der Waals surface area contributed by atoms with Crippen LogP contribution in [0, 0.1) is 0 Å². The second-order valence-electron chi connectivity index (χ2n) is 5.42. The van der Waals surface area contributed by atoms with Crippen molar-refractivity contribution in [3.63, 3.8) is 0 Å². The van der Waals surface area contributed by atoms with Crippen molar-refractivity contribution in [2.75, 3.05) is 10.6 Å². The molecule has 0 bridgehead atoms. The van der Waals surface area contributed by atoms with Gasteiger partial charge in [-0.3, -0.25) is 0 Å². The Morgan fingerprint density at radius 2 is 1.77 bits per heavy atom. The van der Waals surface area contributed by atoms with E-state index in [1.54, 1.807) is 0 Å². The van der Waals surface area contributed by atoms with Crippen molar-refractivity contribution in [3.05, 3.63) is 76.9 Å². The number of nitrogens with one attached hydrogen (secondary N) is 2. The van der Waals surface area contributed by atoms with Crippen molar-refractivity contribution >= 4 is 29.1 Å². The molecule has 0 spiro atoms. The van der Waals surface area contributed by atoms with Gasteiger partial charge in [0.05, 0.1) is 11.3 Å². The van der Waals surface area contributed by atoms with Crippen LogP contribution in [0.1, 0.15) is 11.1 Å². The molecule has 2 aromatic carbocycles. The first-order valence-corrected chi connectivity index (χ1v) is 8.04. The molecule has 0 fully saturated rings. The van der Waals surface area contributed by atoms with Crippen molar-refractivity contribution < 1.29 is 13.2 Å². The van der Waals surface area contributed by atoms with E-state index in [0.717, 1.165) is 11.6 Å². The van der Waals surface area contributed by atoms with Gasteiger partial charge < -0.3 is 10.6 Å². The molecule has 0 aliphatic carbocycles. The van der Waals surface area contributed by atoms with Gasteiger partial charge in [0.2, 0.25) is 5.95 Å². The molecule has 8 heteroatoms. The lowest BCUT2D eigenvalue weighted by atomic mass is 10.1. The fourth-order valence-electron chi connectivity index (χ4n) is 2.29. The van der Waals surface area contributed by atoms with Gasteiger partial charge in [0.1, 0.15) is 5.82 Å². The normalized spacial score (nSPS) is 11.2. The zero-order chi connectivity index (χ0) is 18.6. The standard InChI is InChI=1S/C18H14ClF3N4/c19-13-6-7-15(14(10-13)18(20,21)22)25-16-8-9-23-17(26-16)24-11-12-4-2-1-3-5-12/h1-10H,11H2,(H2,23,24,25,26). The highest BCUT2D eigenvalue weighted by Gasteiger charge is 2.33. The monoisotopic (exact) mass is 378 g/mol. The maximum atomic E-state index is 13.2. The zero-order valence-electron chi connectivity index (χ0n) is 13.4. The molecule has 1 aromatic heterocycles. The van der Waals surface area contributed by atoms with Gasteiger partial charge in [-0.1, -0.05) is 41.9 Å². The number of rotatable bonds is 5. The summed E-state index contributed by atoms with van der Waals surface area (Å²) in [5, 5.41) is 5.72. The topological polar surface area (TPSA) is 49.8 Å². The Balaban J connectivity index is 1.77. The Bertz CT molecular complexity index is 885. The van der Waals surface area contributed by atoms with Crippen LogP contribution >= 0.6 is 11.6 Å². The van der Waals surface area contributed by atoms with Crippen LogP contribution in [-0.4, -0.2) is 9.97 Å². The number of aromatic nitrogens is 2. The lowest BCUT2D eigenvalue weighted by molar-refractivity contribution is -0.136. The molecule has 4 nitrogen and oxygen atoms in total. The van der Waals surface area contributed by atoms with E-state index in [1.165, 1.54) is 24.4 Å². The minimum absolute atomic E-state index is 0.00998. The van der Waals surface area contributed by atoms with Crippen LogP contribution in [0.25, 0.3) is 0 Å². The Morgan fingerprint density at radius 3 is 2.50 bits per heavy atom. The van der Waals surface area contributed by atoms with Gasteiger partial charge in [0, 0.05) is 17.8 Å². The molecule has 0 unspecified atom stereocenters. The van der Waals surface area contributed by atoms with Crippen LogP contribution in [0.4, 0.5) is 30.6 Å². The second kappa shape index (κ2) is 7.61. The number of halogens is 4. The summed E-state index contributed by atoms with van der Waals surface area (Å²) < 4.78 is 39.5. The van der Waals surface area contributed by atoms with E-state index in [-0.39, 0.29) is 16.5 Å². The molecule has 0 atom stereocenters. The Hall–Kier alpha value is -2.80. The lowest BCUT2D eigenvalue weighted by Crippen LogP contribution is -2.10. The average Bonchev–Trinajstić information content (AvgIpc) is 2.62. The average molecular weight is 379 g/mol. The summed E-state index contributed by atoms with van der Waals surface area (Å²) in [6.07, 6.45) is -3.07. The number of hydrogen-bond acceptors (Lipinski definition) is 4. The Morgan fingerprint density at radius 1 is 1.00 bits per heavy atom. The first kappa shape index (κ1) is 18.0. The van der Waals surface area contributed by atoms with E-state index >= 15 is 0 Å². The van der Waals surface area contributed by atoms with E-state index in [9.17, 15) is 13.2 Å². The minimum atomic E-state index is -4.53.